The summed E-state index contributed by atoms with van der Waals surface area (Å²) in [6.07, 6.45) is 2.78. The third-order valence-electron chi connectivity index (χ3n) is 2.66. The Hall–Kier alpha value is -0.150. The molecule has 2 saturated heterocycles. The first-order valence-corrected chi connectivity index (χ1v) is 4.21. The summed E-state index contributed by atoms with van der Waals surface area (Å²) >= 11 is 0. The lowest BCUT2D eigenvalue weighted by atomic mass is 9.87. The molecule has 1 spiro atoms. The minimum Gasteiger partial charge on any atom is -0.316 e. The fraction of sp³-hybridized carbons (Fsp3) is 1.00. The van der Waals surface area contributed by atoms with Crippen LogP contribution in [0.4, 0.5) is 4.39 Å². The van der Waals surface area contributed by atoms with Gasteiger partial charge >= 0.3 is 0 Å². The Morgan fingerprint density at radius 1 is 1.00 bits per heavy atom. The van der Waals surface area contributed by atoms with E-state index in [1.165, 1.54) is 39.0 Å². The normalized spacial score (nSPS) is 26.7. The molecule has 0 aromatic rings. The molecule has 11 heavy (non-hydrogen) atoms. The number of hydrogen-bond donors (Lipinski definition) is 2. The van der Waals surface area contributed by atoms with Crippen LogP contribution in [0.1, 0.15) is 12.8 Å². The highest BCUT2D eigenvalue weighted by Gasteiger charge is 2.35. The maximum absolute atomic E-state index is 9.50. The van der Waals surface area contributed by atoms with Crippen LogP contribution in [0.25, 0.3) is 0 Å². The second-order valence-corrected chi connectivity index (χ2v) is 3.35. The van der Waals surface area contributed by atoms with Crippen LogP contribution < -0.4 is 10.6 Å². The molecule has 2 heterocycles. The van der Waals surface area contributed by atoms with Crippen LogP contribution >= 0.6 is 0 Å². The van der Waals surface area contributed by atoms with Crippen molar-refractivity contribution in [1.82, 2.24) is 10.6 Å². The summed E-state index contributed by atoms with van der Waals surface area (Å²) in [5, 5.41) is 6.83. The van der Waals surface area contributed by atoms with E-state index < -0.39 is 0 Å². The van der Waals surface area contributed by atoms with E-state index in [1.54, 1.807) is 0 Å². The van der Waals surface area contributed by atoms with Gasteiger partial charge in [-0.3, -0.25) is 4.39 Å². The van der Waals surface area contributed by atoms with Crippen LogP contribution in [0.15, 0.2) is 0 Å². The molecule has 0 saturated carbocycles. The van der Waals surface area contributed by atoms with Gasteiger partial charge in [0.15, 0.2) is 0 Å². The van der Waals surface area contributed by atoms with E-state index in [0.717, 1.165) is 0 Å². The fourth-order valence-corrected chi connectivity index (χ4v) is 1.96. The van der Waals surface area contributed by atoms with Crippen molar-refractivity contribution in [2.45, 2.75) is 12.8 Å². The zero-order valence-electron chi connectivity index (χ0n) is 7.12. The predicted molar refractivity (Wildman–Crippen MR) is 44.4 cm³/mol. The predicted octanol–water partition coefficient (Wildman–Crippen LogP) is 0.545. The highest BCUT2D eigenvalue weighted by molar-refractivity contribution is 4.93. The molecule has 2 fully saturated rings. The van der Waals surface area contributed by atoms with Crippen LogP contribution in [-0.2, 0) is 0 Å². The molecule has 2 aliphatic heterocycles. The van der Waals surface area contributed by atoms with Gasteiger partial charge < -0.3 is 10.6 Å². The maximum Gasteiger partial charge on any atom is 0.0785 e. The van der Waals surface area contributed by atoms with Crippen LogP contribution in [0.3, 0.4) is 0 Å². The average molecular weight is 160 g/mol. The first kappa shape index (κ1) is 8.94. The van der Waals surface area contributed by atoms with Crippen LogP contribution in [0.2, 0.25) is 0 Å². The summed E-state index contributed by atoms with van der Waals surface area (Å²) in [5.41, 5.74) is 0.667. The van der Waals surface area contributed by atoms with Crippen molar-refractivity contribution in [3.63, 3.8) is 0 Å². The first-order chi connectivity index (χ1) is 5.41. The van der Waals surface area contributed by atoms with Crippen molar-refractivity contribution in [2.24, 2.45) is 5.41 Å². The van der Waals surface area contributed by atoms with Gasteiger partial charge in [-0.25, -0.2) is 0 Å². The van der Waals surface area contributed by atoms with E-state index in [-0.39, 0.29) is 0 Å². The van der Waals surface area contributed by atoms with Gasteiger partial charge in [0.2, 0.25) is 0 Å². The Labute approximate surface area is 67.6 Å². The molecule has 2 aliphatic rings. The van der Waals surface area contributed by atoms with E-state index in [2.05, 4.69) is 10.6 Å². The van der Waals surface area contributed by atoms with Crippen molar-refractivity contribution < 1.29 is 4.39 Å². The summed E-state index contributed by atoms with van der Waals surface area (Å²) in [4.78, 5) is 0. The molecule has 0 unspecified atom stereocenters. The number of rotatable bonds is 0. The molecule has 0 radical (unpaired) electrons. The number of hydrogen-bond acceptors (Lipinski definition) is 2. The highest BCUT2D eigenvalue weighted by atomic mass is 19.1. The van der Waals surface area contributed by atoms with Crippen molar-refractivity contribution >= 4 is 0 Å². The number of halogens is 1. The quantitative estimate of drug-likeness (QED) is 0.540. The van der Waals surface area contributed by atoms with E-state index in [4.69, 9.17) is 0 Å². The van der Waals surface area contributed by atoms with Gasteiger partial charge in [-0.2, -0.15) is 0 Å². The van der Waals surface area contributed by atoms with Gasteiger partial charge in [0.05, 0.1) is 7.18 Å². The Kier molecular flexibility index (Phi) is 3.27. The molecule has 2 nitrogen and oxygen atoms in total. The van der Waals surface area contributed by atoms with Gasteiger partial charge in [-0.05, 0) is 31.3 Å². The van der Waals surface area contributed by atoms with Crippen molar-refractivity contribution in [2.75, 3.05) is 33.4 Å². The molecule has 3 heteroatoms. The van der Waals surface area contributed by atoms with E-state index in [1.807, 2.05) is 0 Å². The van der Waals surface area contributed by atoms with Gasteiger partial charge in [-0.15, -0.1) is 0 Å². The van der Waals surface area contributed by atoms with Gasteiger partial charge in [0.1, 0.15) is 0 Å². The molecule has 0 amide bonds. The minimum atomic E-state index is 0.500. The van der Waals surface area contributed by atoms with E-state index in [0.29, 0.717) is 12.6 Å². The van der Waals surface area contributed by atoms with Crippen LogP contribution in [0.5, 0.6) is 0 Å². The van der Waals surface area contributed by atoms with Crippen molar-refractivity contribution in [3.8, 4) is 0 Å². The third-order valence-corrected chi connectivity index (χ3v) is 2.66. The van der Waals surface area contributed by atoms with Crippen LogP contribution in [0, 0.1) is 5.41 Å². The monoisotopic (exact) mass is 160 g/mol. The second kappa shape index (κ2) is 4.02. The van der Waals surface area contributed by atoms with E-state index in [9.17, 15) is 4.39 Å². The molecule has 2 rings (SSSR count). The van der Waals surface area contributed by atoms with Crippen LogP contribution in [-0.4, -0.2) is 33.4 Å². The molecule has 0 atom stereocenters. The molecular formula is C8H17FN2. The fourth-order valence-electron chi connectivity index (χ4n) is 1.96. The topological polar surface area (TPSA) is 24.1 Å². The lowest BCUT2D eigenvalue weighted by Crippen LogP contribution is -2.26. The Balaban J connectivity index is 0.000000281. The smallest absolute Gasteiger partial charge is 0.0785 e. The van der Waals surface area contributed by atoms with Gasteiger partial charge in [-0.1, -0.05) is 0 Å². The summed E-state index contributed by atoms with van der Waals surface area (Å²) in [7, 11) is 0.500. The summed E-state index contributed by atoms with van der Waals surface area (Å²) in [5.74, 6) is 0. The molecule has 0 aliphatic carbocycles. The number of nitrogens with one attached hydrogen (secondary N) is 2. The standard InChI is InChI=1S/C7H14N2.CH3F/c1-3-8-5-7(1)2-4-9-6-7;1-2/h8-9H,1-6H2;1H3. The summed E-state index contributed by atoms with van der Waals surface area (Å²) < 4.78 is 9.50. The second-order valence-electron chi connectivity index (χ2n) is 3.35. The molecule has 0 aromatic heterocycles. The molecule has 0 aromatic carbocycles. The summed E-state index contributed by atoms with van der Waals surface area (Å²) in [6, 6.07) is 0. The first-order valence-electron chi connectivity index (χ1n) is 4.21. The largest absolute Gasteiger partial charge is 0.316 e. The molecular weight excluding hydrogens is 143 g/mol. The average Bonchev–Trinajstić information content (AvgIpc) is 2.69. The molecule has 66 valence electrons. The Morgan fingerprint density at radius 2 is 1.45 bits per heavy atom. The van der Waals surface area contributed by atoms with Crippen molar-refractivity contribution in [1.29, 1.82) is 0 Å². The van der Waals surface area contributed by atoms with Gasteiger partial charge in [0.25, 0.3) is 0 Å². The molecule has 0 bridgehead atoms. The highest BCUT2D eigenvalue weighted by Crippen LogP contribution is 2.31. The Morgan fingerprint density at radius 3 is 1.73 bits per heavy atom. The Bertz CT molecular complexity index is 87.1. The lowest BCUT2D eigenvalue weighted by molar-refractivity contribution is 0.365. The minimum absolute atomic E-state index is 0.500. The van der Waals surface area contributed by atoms with E-state index >= 15 is 0 Å². The third kappa shape index (κ3) is 1.91. The van der Waals surface area contributed by atoms with Gasteiger partial charge in [0, 0.05) is 13.1 Å². The maximum atomic E-state index is 9.50. The zero-order chi connectivity index (χ0) is 8.16. The number of alkyl halides is 1. The summed E-state index contributed by atoms with van der Waals surface area (Å²) in [6.45, 7) is 4.98. The SMILES string of the molecule is C1CC2(CCNC2)CN1.CF. The van der Waals surface area contributed by atoms with Crippen molar-refractivity contribution in [3.05, 3.63) is 0 Å². The zero-order valence-corrected chi connectivity index (χ0v) is 7.12. The molecule has 2 N–H and O–H groups in total. The lowest BCUT2D eigenvalue weighted by Gasteiger charge is -2.18.